The number of nitrogens with zero attached hydrogens (tertiary/aromatic N) is 2. The van der Waals surface area contributed by atoms with Gasteiger partial charge in [0.15, 0.2) is 0 Å². The van der Waals surface area contributed by atoms with Crippen molar-refractivity contribution < 1.29 is 0 Å². The molecular formula is C21H27N5O. The van der Waals surface area contributed by atoms with E-state index in [1.54, 1.807) is 29.1 Å². The smallest absolute Gasteiger partial charge is 0.250 e. The highest BCUT2D eigenvalue weighted by atomic mass is 16.1. The SMILES string of the molecule is CCCn1cc(N/C=C(\C=N)c2ccc(NC3CCC3)nc2C)ccc1=O. The van der Waals surface area contributed by atoms with Crippen molar-refractivity contribution in [2.75, 3.05) is 10.6 Å². The molecule has 0 atom stereocenters. The number of aryl methyl sites for hydroxylation is 2. The first kappa shape index (κ1) is 18.9. The van der Waals surface area contributed by atoms with Crippen molar-refractivity contribution in [2.24, 2.45) is 0 Å². The molecule has 3 rings (SSSR count). The fourth-order valence-corrected chi connectivity index (χ4v) is 3.10. The molecule has 2 heterocycles. The molecule has 6 nitrogen and oxygen atoms in total. The van der Waals surface area contributed by atoms with E-state index >= 15 is 0 Å². The molecule has 0 radical (unpaired) electrons. The van der Waals surface area contributed by atoms with E-state index < -0.39 is 0 Å². The first-order valence-electron chi connectivity index (χ1n) is 9.53. The van der Waals surface area contributed by atoms with Crippen LogP contribution in [-0.4, -0.2) is 21.8 Å². The maximum Gasteiger partial charge on any atom is 0.250 e. The normalized spacial score (nSPS) is 14.5. The molecule has 0 spiro atoms. The minimum absolute atomic E-state index is 0.00625. The average molecular weight is 365 g/mol. The summed E-state index contributed by atoms with van der Waals surface area (Å²) in [5.74, 6) is 0.893. The molecule has 6 heteroatoms. The highest BCUT2D eigenvalue weighted by Gasteiger charge is 2.17. The van der Waals surface area contributed by atoms with E-state index in [-0.39, 0.29) is 5.56 Å². The summed E-state index contributed by atoms with van der Waals surface area (Å²) >= 11 is 0. The second kappa shape index (κ2) is 8.66. The Morgan fingerprint density at radius 1 is 1.33 bits per heavy atom. The predicted octanol–water partition coefficient (Wildman–Crippen LogP) is 4.03. The van der Waals surface area contributed by atoms with Gasteiger partial charge in [0.2, 0.25) is 0 Å². The Labute approximate surface area is 159 Å². The summed E-state index contributed by atoms with van der Waals surface area (Å²) in [4.78, 5) is 16.5. The van der Waals surface area contributed by atoms with Gasteiger partial charge in [0, 0.05) is 54.1 Å². The Morgan fingerprint density at radius 3 is 2.78 bits per heavy atom. The molecule has 1 aliphatic rings. The van der Waals surface area contributed by atoms with E-state index in [0.717, 1.165) is 34.8 Å². The van der Waals surface area contributed by atoms with Gasteiger partial charge in [0.1, 0.15) is 5.82 Å². The lowest BCUT2D eigenvalue weighted by molar-refractivity contribution is 0.444. The Bertz CT molecular complexity index is 896. The average Bonchev–Trinajstić information content (AvgIpc) is 2.62. The number of rotatable bonds is 8. The van der Waals surface area contributed by atoms with Crippen LogP contribution in [0.25, 0.3) is 5.57 Å². The molecule has 2 aromatic heterocycles. The number of hydrogen-bond acceptors (Lipinski definition) is 5. The van der Waals surface area contributed by atoms with Crippen molar-refractivity contribution in [3.05, 3.63) is 58.3 Å². The Hall–Kier alpha value is -2.89. The zero-order chi connectivity index (χ0) is 19.2. The van der Waals surface area contributed by atoms with Gasteiger partial charge in [-0.05, 0) is 50.8 Å². The second-order valence-corrected chi connectivity index (χ2v) is 6.94. The fourth-order valence-electron chi connectivity index (χ4n) is 3.10. The maximum absolute atomic E-state index is 11.8. The van der Waals surface area contributed by atoms with Crippen molar-refractivity contribution >= 4 is 23.3 Å². The molecule has 0 aromatic carbocycles. The highest BCUT2D eigenvalue weighted by molar-refractivity contribution is 6.09. The van der Waals surface area contributed by atoms with E-state index in [2.05, 4.69) is 15.6 Å². The molecule has 2 aromatic rings. The minimum atomic E-state index is -0.00625. The third-order valence-electron chi connectivity index (χ3n) is 4.85. The van der Waals surface area contributed by atoms with Crippen LogP contribution in [0, 0.1) is 12.3 Å². The summed E-state index contributed by atoms with van der Waals surface area (Å²) in [7, 11) is 0. The molecule has 27 heavy (non-hydrogen) atoms. The van der Waals surface area contributed by atoms with Gasteiger partial charge in [-0.1, -0.05) is 6.92 Å². The third-order valence-corrected chi connectivity index (χ3v) is 4.85. The molecular weight excluding hydrogens is 338 g/mol. The summed E-state index contributed by atoms with van der Waals surface area (Å²) in [6.45, 7) is 4.69. The summed E-state index contributed by atoms with van der Waals surface area (Å²) in [6.07, 6.45) is 9.51. The van der Waals surface area contributed by atoms with Crippen LogP contribution in [0.3, 0.4) is 0 Å². The second-order valence-electron chi connectivity index (χ2n) is 6.94. The van der Waals surface area contributed by atoms with Crippen LogP contribution in [0.5, 0.6) is 0 Å². The van der Waals surface area contributed by atoms with E-state index in [4.69, 9.17) is 5.41 Å². The number of pyridine rings is 2. The first-order valence-corrected chi connectivity index (χ1v) is 9.53. The van der Waals surface area contributed by atoms with Crippen molar-refractivity contribution in [3.8, 4) is 0 Å². The lowest BCUT2D eigenvalue weighted by Gasteiger charge is -2.27. The molecule has 142 valence electrons. The molecule has 0 bridgehead atoms. The number of nitrogens with one attached hydrogen (secondary N) is 3. The standard InChI is InChI=1S/C21H27N5O/c1-3-11-26-14-18(7-10-21(26)27)23-13-16(12-22)19-8-9-20(24-15(19)2)25-17-5-4-6-17/h7-10,12-14,17,22-23H,3-6,11H2,1-2H3,(H,24,25)/b16-13+,22-12?. The van der Waals surface area contributed by atoms with E-state index in [1.807, 2.05) is 26.0 Å². The van der Waals surface area contributed by atoms with Crippen LogP contribution in [0.15, 0.2) is 41.5 Å². The lowest BCUT2D eigenvalue weighted by atomic mass is 9.93. The van der Waals surface area contributed by atoms with Gasteiger partial charge < -0.3 is 20.6 Å². The van der Waals surface area contributed by atoms with Crippen molar-refractivity contribution in [1.82, 2.24) is 9.55 Å². The van der Waals surface area contributed by atoms with Crippen LogP contribution in [0.1, 0.15) is 43.9 Å². The summed E-state index contributed by atoms with van der Waals surface area (Å²) in [6, 6.07) is 7.83. The van der Waals surface area contributed by atoms with E-state index in [9.17, 15) is 4.79 Å². The fraction of sp³-hybridized carbons (Fsp3) is 0.381. The summed E-state index contributed by atoms with van der Waals surface area (Å²) < 4.78 is 1.69. The molecule has 3 N–H and O–H groups in total. The minimum Gasteiger partial charge on any atom is -0.367 e. The van der Waals surface area contributed by atoms with E-state index in [0.29, 0.717) is 12.6 Å². The number of hydrogen-bond donors (Lipinski definition) is 3. The molecule has 1 saturated carbocycles. The molecule has 1 fully saturated rings. The summed E-state index contributed by atoms with van der Waals surface area (Å²) in [5.41, 5.74) is 3.35. The maximum atomic E-state index is 11.8. The number of anilines is 2. The Morgan fingerprint density at radius 2 is 2.15 bits per heavy atom. The zero-order valence-corrected chi connectivity index (χ0v) is 16.0. The number of aromatic nitrogens is 2. The van der Waals surface area contributed by atoms with Crippen LogP contribution < -0.4 is 16.2 Å². The van der Waals surface area contributed by atoms with Gasteiger partial charge in [0.05, 0.1) is 5.69 Å². The van der Waals surface area contributed by atoms with Crippen molar-refractivity contribution in [3.63, 3.8) is 0 Å². The number of allylic oxidation sites excluding steroid dienone is 1. The third kappa shape index (κ3) is 4.64. The topological polar surface area (TPSA) is 82.8 Å². The van der Waals surface area contributed by atoms with E-state index in [1.165, 1.54) is 25.5 Å². The van der Waals surface area contributed by atoms with Crippen molar-refractivity contribution in [1.29, 1.82) is 5.41 Å². The largest absolute Gasteiger partial charge is 0.367 e. The Balaban J connectivity index is 1.76. The van der Waals surface area contributed by atoms with Gasteiger partial charge in [-0.2, -0.15) is 0 Å². The van der Waals surface area contributed by atoms with Gasteiger partial charge in [-0.15, -0.1) is 0 Å². The van der Waals surface area contributed by atoms with Gasteiger partial charge in [0.25, 0.3) is 5.56 Å². The van der Waals surface area contributed by atoms with Crippen LogP contribution in [-0.2, 0) is 6.54 Å². The van der Waals surface area contributed by atoms with Crippen LogP contribution in [0.4, 0.5) is 11.5 Å². The van der Waals surface area contributed by atoms with Gasteiger partial charge >= 0.3 is 0 Å². The molecule has 0 amide bonds. The quantitative estimate of drug-likeness (QED) is 0.617. The lowest BCUT2D eigenvalue weighted by Crippen LogP contribution is -2.27. The molecule has 0 unspecified atom stereocenters. The Kier molecular flexibility index (Phi) is 6.06. The summed E-state index contributed by atoms with van der Waals surface area (Å²) in [5, 5.41) is 14.4. The molecule has 0 aliphatic heterocycles. The van der Waals surface area contributed by atoms with Gasteiger partial charge in [-0.25, -0.2) is 4.98 Å². The van der Waals surface area contributed by atoms with Crippen LogP contribution >= 0.6 is 0 Å². The zero-order valence-electron chi connectivity index (χ0n) is 16.0. The van der Waals surface area contributed by atoms with Crippen LogP contribution in [0.2, 0.25) is 0 Å². The van der Waals surface area contributed by atoms with Crippen molar-refractivity contribution in [2.45, 2.75) is 52.1 Å². The molecule has 0 saturated heterocycles. The molecule has 1 aliphatic carbocycles. The predicted molar refractivity (Wildman–Crippen MR) is 112 cm³/mol. The highest BCUT2D eigenvalue weighted by Crippen LogP contribution is 2.24. The van der Waals surface area contributed by atoms with Gasteiger partial charge in [-0.3, -0.25) is 4.79 Å². The monoisotopic (exact) mass is 365 g/mol. The first-order chi connectivity index (χ1) is 13.1.